The highest BCUT2D eigenvalue weighted by molar-refractivity contribution is 4.66. The summed E-state index contributed by atoms with van der Waals surface area (Å²) in [5.41, 5.74) is 0. The largest absolute Gasteiger partial charge is 0.241 e. The summed E-state index contributed by atoms with van der Waals surface area (Å²) >= 11 is 0. The van der Waals surface area contributed by atoms with Gasteiger partial charge in [-0.3, -0.25) is 0 Å². The summed E-state index contributed by atoms with van der Waals surface area (Å²) in [5, 5.41) is 0. The van der Waals surface area contributed by atoms with Gasteiger partial charge in [-0.1, -0.05) is 19.8 Å². The third-order valence-corrected chi connectivity index (χ3v) is 0.875. The Morgan fingerprint density at radius 3 is 2.29 bits per heavy atom. The molecule has 0 bridgehead atoms. The van der Waals surface area contributed by atoms with E-state index < -0.39 is 0 Å². The Balaban J connectivity index is 2.68. The predicted octanol–water partition coefficient (Wildman–Crippen LogP) is 2.70. The standard InChI is InChI=1S/C6H12F/c1-3-4-5-6(2)7/h3-5H2,1-2H3. The normalized spacial score (nSPS) is 10.3. The lowest BCUT2D eigenvalue weighted by molar-refractivity contribution is 0.460. The lowest BCUT2D eigenvalue weighted by atomic mass is 10.2. The van der Waals surface area contributed by atoms with Crippen molar-refractivity contribution in [2.45, 2.75) is 33.1 Å². The maximum absolute atomic E-state index is 11.8. The van der Waals surface area contributed by atoms with Crippen molar-refractivity contribution >= 4 is 0 Å². The van der Waals surface area contributed by atoms with Crippen molar-refractivity contribution in [1.29, 1.82) is 0 Å². The Bertz CT molecular complexity index is 33.2. The topological polar surface area (TPSA) is 0 Å². The summed E-state index contributed by atoms with van der Waals surface area (Å²) in [4.78, 5) is 0. The van der Waals surface area contributed by atoms with E-state index in [2.05, 4.69) is 6.92 Å². The third kappa shape index (κ3) is 5.93. The van der Waals surface area contributed by atoms with Crippen LogP contribution in [-0.2, 0) is 0 Å². The summed E-state index contributed by atoms with van der Waals surface area (Å²) in [5.74, 6) is 0. The number of hydrogen-bond acceptors (Lipinski definition) is 0. The van der Waals surface area contributed by atoms with Crippen LogP contribution in [-0.4, -0.2) is 0 Å². The van der Waals surface area contributed by atoms with Crippen LogP contribution in [0.4, 0.5) is 4.39 Å². The molecule has 0 aromatic carbocycles. The van der Waals surface area contributed by atoms with E-state index in [1.807, 2.05) is 0 Å². The van der Waals surface area contributed by atoms with Gasteiger partial charge in [0.2, 0.25) is 0 Å². The first-order valence-corrected chi connectivity index (χ1v) is 2.75. The molecule has 0 fully saturated rings. The molecule has 0 nitrogen and oxygen atoms in total. The molecule has 7 heavy (non-hydrogen) atoms. The maximum Gasteiger partial charge on any atom is 0.141 e. The van der Waals surface area contributed by atoms with Gasteiger partial charge in [-0.25, -0.2) is 4.39 Å². The van der Waals surface area contributed by atoms with E-state index >= 15 is 0 Å². The molecule has 0 N–H and O–H groups in total. The average Bonchev–Trinajstić information content (AvgIpc) is 1.61. The Morgan fingerprint density at radius 2 is 2.14 bits per heavy atom. The fraction of sp³-hybridized carbons (Fsp3) is 0.833. The van der Waals surface area contributed by atoms with Gasteiger partial charge in [0.15, 0.2) is 0 Å². The maximum atomic E-state index is 11.8. The monoisotopic (exact) mass is 103 g/mol. The fourth-order valence-electron chi connectivity index (χ4n) is 0.420. The van der Waals surface area contributed by atoms with Crippen LogP contribution >= 0.6 is 0 Å². The predicted molar refractivity (Wildman–Crippen MR) is 29.5 cm³/mol. The van der Waals surface area contributed by atoms with Gasteiger partial charge in [-0.15, -0.1) is 0 Å². The van der Waals surface area contributed by atoms with Crippen LogP contribution in [0, 0.1) is 6.17 Å². The highest BCUT2D eigenvalue weighted by Crippen LogP contribution is 2.09. The highest BCUT2D eigenvalue weighted by Gasteiger charge is 1.94. The Labute approximate surface area is 44.7 Å². The first-order valence-electron chi connectivity index (χ1n) is 2.75. The average molecular weight is 103 g/mol. The quantitative estimate of drug-likeness (QED) is 0.515. The SMILES string of the molecule is CCCC[C](C)F. The number of halogens is 1. The van der Waals surface area contributed by atoms with Crippen molar-refractivity contribution < 1.29 is 4.39 Å². The van der Waals surface area contributed by atoms with Crippen molar-refractivity contribution in [3.05, 3.63) is 6.17 Å². The van der Waals surface area contributed by atoms with Crippen LogP contribution in [0.5, 0.6) is 0 Å². The van der Waals surface area contributed by atoms with E-state index in [0.29, 0.717) is 6.42 Å². The molecule has 0 rings (SSSR count). The van der Waals surface area contributed by atoms with Crippen LogP contribution < -0.4 is 0 Å². The zero-order valence-corrected chi connectivity index (χ0v) is 5.00. The van der Waals surface area contributed by atoms with Gasteiger partial charge in [-0.05, 0) is 13.3 Å². The number of hydrogen-bond donors (Lipinski definition) is 0. The molecule has 0 saturated heterocycles. The second-order valence-electron chi connectivity index (χ2n) is 1.78. The molecule has 0 spiro atoms. The zero-order chi connectivity index (χ0) is 5.70. The van der Waals surface area contributed by atoms with Crippen LogP contribution in [0.2, 0.25) is 0 Å². The lowest BCUT2D eigenvalue weighted by Gasteiger charge is -1.93. The van der Waals surface area contributed by atoms with Crippen LogP contribution in [0.25, 0.3) is 0 Å². The second-order valence-corrected chi connectivity index (χ2v) is 1.78. The molecule has 0 atom stereocenters. The van der Waals surface area contributed by atoms with E-state index in [0.717, 1.165) is 12.8 Å². The van der Waals surface area contributed by atoms with Gasteiger partial charge >= 0.3 is 0 Å². The van der Waals surface area contributed by atoms with E-state index in [1.165, 1.54) is 6.92 Å². The van der Waals surface area contributed by atoms with Gasteiger partial charge in [0.05, 0.1) is 0 Å². The molecule has 0 unspecified atom stereocenters. The zero-order valence-electron chi connectivity index (χ0n) is 5.00. The Kier molecular flexibility index (Phi) is 4.06. The number of unbranched alkanes of at least 4 members (excludes halogenated alkanes) is 1. The first-order chi connectivity index (χ1) is 3.27. The summed E-state index contributed by atoms with van der Waals surface area (Å²) in [7, 11) is 0. The van der Waals surface area contributed by atoms with Gasteiger partial charge in [0, 0.05) is 0 Å². The molecule has 43 valence electrons. The molecule has 0 aliphatic rings. The summed E-state index contributed by atoms with van der Waals surface area (Å²) < 4.78 is 11.8. The molecule has 1 radical (unpaired) electrons. The van der Waals surface area contributed by atoms with Gasteiger partial charge < -0.3 is 0 Å². The minimum atomic E-state index is 0.0573. The van der Waals surface area contributed by atoms with Crippen LogP contribution in [0.15, 0.2) is 0 Å². The molecule has 0 aromatic heterocycles. The van der Waals surface area contributed by atoms with Crippen molar-refractivity contribution in [1.82, 2.24) is 0 Å². The van der Waals surface area contributed by atoms with Gasteiger partial charge in [0.25, 0.3) is 0 Å². The van der Waals surface area contributed by atoms with E-state index in [9.17, 15) is 4.39 Å². The first kappa shape index (κ1) is 6.93. The Morgan fingerprint density at radius 1 is 1.57 bits per heavy atom. The van der Waals surface area contributed by atoms with Crippen LogP contribution in [0.1, 0.15) is 33.1 Å². The fourth-order valence-corrected chi connectivity index (χ4v) is 0.420. The van der Waals surface area contributed by atoms with Crippen LogP contribution in [0.3, 0.4) is 0 Å². The second kappa shape index (κ2) is 4.10. The lowest BCUT2D eigenvalue weighted by Crippen LogP contribution is -1.79. The molecule has 0 aliphatic carbocycles. The van der Waals surface area contributed by atoms with E-state index in [-0.39, 0.29) is 6.17 Å². The smallest absolute Gasteiger partial charge is 0.141 e. The van der Waals surface area contributed by atoms with Gasteiger partial charge in [-0.2, -0.15) is 0 Å². The molecule has 0 heterocycles. The summed E-state index contributed by atoms with van der Waals surface area (Å²) in [6.45, 7) is 3.58. The molecular formula is C6H12F. The molecule has 0 aliphatic heterocycles. The van der Waals surface area contributed by atoms with Gasteiger partial charge in [0.1, 0.15) is 6.17 Å². The van der Waals surface area contributed by atoms with Crippen molar-refractivity contribution in [3.63, 3.8) is 0 Å². The summed E-state index contributed by atoms with van der Waals surface area (Å²) in [6.07, 6.45) is 2.78. The van der Waals surface area contributed by atoms with E-state index in [1.54, 1.807) is 0 Å². The third-order valence-electron chi connectivity index (χ3n) is 0.875. The minimum absolute atomic E-state index is 0.0573. The number of rotatable bonds is 3. The van der Waals surface area contributed by atoms with Crippen molar-refractivity contribution in [2.24, 2.45) is 0 Å². The molecule has 0 saturated carbocycles. The van der Waals surface area contributed by atoms with E-state index in [4.69, 9.17) is 0 Å². The minimum Gasteiger partial charge on any atom is -0.241 e. The summed E-state index contributed by atoms with van der Waals surface area (Å²) in [6, 6.07) is 0. The van der Waals surface area contributed by atoms with Crippen molar-refractivity contribution in [2.75, 3.05) is 0 Å². The highest BCUT2D eigenvalue weighted by atomic mass is 19.1. The molecule has 1 heteroatoms. The Hall–Kier alpha value is -0.0700. The molecular weight excluding hydrogens is 91.1 g/mol. The molecule has 0 amide bonds. The molecule has 0 aromatic rings. The van der Waals surface area contributed by atoms with Crippen molar-refractivity contribution in [3.8, 4) is 0 Å².